The van der Waals surface area contributed by atoms with Crippen LogP contribution in [0.4, 0.5) is 4.39 Å². The average Bonchev–Trinajstić information content (AvgIpc) is 2.84. The van der Waals surface area contributed by atoms with E-state index in [1.54, 1.807) is 19.1 Å². The summed E-state index contributed by atoms with van der Waals surface area (Å²) in [6.07, 6.45) is 0. The zero-order valence-corrected chi connectivity index (χ0v) is 12.4. The number of furan rings is 1. The van der Waals surface area contributed by atoms with Gasteiger partial charge in [0.05, 0.1) is 17.1 Å². The smallest absolute Gasteiger partial charge is 0.252 e. The fraction of sp³-hybridized carbons (Fsp3) is 0.267. The quantitative estimate of drug-likeness (QED) is 0.912. The van der Waals surface area contributed by atoms with Crippen LogP contribution in [0.2, 0.25) is 5.02 Å². The van der Waals surface area contributed by atoms with Crippen molar-refractivity contribution >= 4 is 17.5 Å². The average molecular weight is 312 g/mol. The molecule has 1 atom stereocenters. The van der Waals surface area contributed by atoms with Gasteiger partial charge in [-0.15, -0.1) is 0 Å². The van der Waals surface area contributed by atoms with Crippen LogP contribution in [0.1, 0.15) is 28.8 Å². The van der Waals surface area contributed by atoms with Crippen LogP contribution in [0.15, 0.2) is 34.7 Å². The third-order valence-electron chi connectivity index (χ3n) is 3.04. The van der Waals surface area contributed by atoms with E-state index in [1.165, 1.54) is 13.0 Å². The van der Waals surface area contributed by atoms with Crippen molar-refractivity contribution in [1.82, 2.24) is 5.32 Å². The summed E-state index contributed by atoms with van der Waals surface area (Å²) in [7, 11) is 0. The highest BCUT2D eigenvalue weighted by Gasteiger charge is 2.27. The lowest BCUT2D eigenvalue weighted by Gasteiger charge is -2.21. The number of nitrogens with one attached hydrogen (secondary N) is 1. The van der Waals surface area contributed by atoms with E-state index in [4.69, 9.17) is 16.0 Å². The molecule has 0 aliphatic carbocycles. The van der Waals surface area contributed by atoms with Gasteiger partial charge >= 0.3 is 0 Å². The molecule has 1 heterocycles. The summed E-state index contributed by atoms with van der Waals surface area (Å²) in [5.41, 5.74) is -1.21. The highest BCUT2D eigenvalue weighted by atomic mass is 35.5. The van der Waals surface area contributed by atoms with E-state index in [1.807, 2.05) is 0 Å². The number of aryl methyl sites for hydroxylation is 1. The van der Waals surface area contributed by atoms with E-state index in [0.29, 0.717) is 11.5 Å². The number of rotatable bonds is 4. The lowest BCUT2D eigenvalue weighted by atomic mass is 10.0. The number of aliphatic hydroxyl groups is 1. The first-order chi connectivity index (χ1) is 9.79. The van der Waals surface area contributed by atoms with Gasteiger partial charge in [0.2, 0.25) is 0 Å². The van der Waals surface area contributed by atoms with E-state index in [9.17, 15) is 14.3 Å². The monoisotopic (exact) mass is 311 g/mol. The minimum absolute atomic E-state index is 0.0148. The van der Waals surface area contributed by atoms with Crippen molar-refractivity contribution in [1.29, 1.82) is 0 Å². The molecule has 2 aromatic rings. The third kappa shape index (κ3) is 3.62. The topological polar surface area (TPSA) is 62.5 Å². The Kier molecular flexibility index (Phi) is 4.34. The maximum atomic E-state index is 12.9. The second-order valence-electron chi connectivity index (χ2n) is 4.99. The van der Waals surface area contributed by atoms with Crippen molar-refractivity contribution < 1.29 is 18.7 Å². The Bertz CT molecular complexity index is 667. The molecule has 0 bridgehead atoms. The third-order valence-corrected chi connectivity index (χ3v) is 3.35. The maximum Gasteiger partial charge on any atom is 0.252 e. The first kappa shape index (κ1) is 15.5. The molecular weight excluding hydrogens is 297 g/mol. The van der Waals surface area contributed by atoms with Gasteiger partial charge < -0.3 is 14.8 Å². The summed E-state index contributed by atoms with van der Waals surface area (Å²) < 4.78 is 18.3. The van der Waals surface area contributed by atoms with Crippen molar-refractivity contribution in [2.75, 3.05) is 6.54 Å². The second kappa shape index (κ2) is 5.87. The SMILES string of the molecule is Cc1ccc(C(C)(O)CNC(=O)c2ccc(F)cc2Cl)o1. The van der Waals surface area contributed by atoms with Gasteiger partial charge in [0.15, 0.2) is 0 Å². The fourth-order valence-corrected chi connectivity index (χ4v) is 2.09. The number of hydrogen-bond acceptors (Lipinski definition) is 3. The summed E-state index contributed by atoms with van der Waals surface area (Å²) in [5, 5.41) is 12.9. The van der Waals surface area contributed by atoms with Crippen molar-refractivity contribution in [3.63, 3.8) is 0 Å². The van der Waals surface area contributed by atoms with Gasteiger partial charge in [-0.3, -0.25) is 4.79 Å². The maximum absolute atomic E-state index is 12.9. The van der Waals surface area contributed by atoms with Gasteiger partial charge in [-0.2, -0.15) is 0 Å². The zero-order valence-electron chi connectivity index (χ0n) is 11.6. The molecule has 0 saturated carbocycles. The molecule has 0 fully saturated rings. The minimum Gasteiger partial charge on any atom is -0.463 e. The summed E-state index contributed by atoms with van der Waals surface area (Å²) in [6, 6.07) is 6.87. The molecule has 4 nitrogen and oxygen atoms in total. The highest BCUT2D eigenvalue weighted by molar-refractivity contribution is 6.33. The highest BCUT2D eigenvalue weighted by Crippen LogP contribution is 2.22. The van der Waals surface area contributed by atoms with Gasteiger partial charge in [-0.25, -0.2) is 4.39 Å². The van der Waals surface area contributed by atoms with E-state index in [2.05, 4.69) is 5.32 Å². The predicted octanol–water partition coefficient (Wildman–Crippen LogP) is 3.02. The van der Waals surface area contributed by atoms with Crippen molar-refractivity contribution in [2.45, 2.75) is 19.4 Å². The number of benzene rings is 1. The Labute approximate surface area is 126 Å². The largest absolute Gasteiger partial charge is 0.463 e. The molecule has 2 rings (SSSR count). The molecule has 0 saturated heterocycles. The molecule has 21 heavy (non-hydrogen) atoms. The molecule has 1 aromatic heterocycles. The number of carbonyl (C=O) groups is 1. The standard InChI is InChI=1S/C15H15ClFNO3/c1-9-3-6-13(21-9)15(2,20)8-18-14(19)11-5-4-10(17)7-12(11)16/h3-7,20H,8H2,1-2H3,(H,18,19). The molecule has 2 N–H and O–H groups in total. The van der Waals surface area contributed by atoms with E-state index in [0.717, 1.165) is 12.1 Å². The summed E-state index contributed by atoms with van der Waals surface area (Å²) >= 11 is 5.81. The van der Waals surface area contributed by atoms with Crippen LogP contribution in [0.3, 0.4) is 0 Å². The Morgan fingerprint density at radius 2 is 2.14 bits per heavy atom. The molecular formula is C15H15ClFNO3. The first-order valence-corrected chi connectivity index (χ1v) is 6.70. The van der Waals surface area contributed by atoms with Crippen molar-refractivity contribution in [3.05, 3.63) is 58.3 Å². The lowest BCUT2D eigenvalue weighted by molar-refractivity contribution is 0.0323. The Morgan fingerprint density at radius 1 is 1.43 bits per heavy atom. The molecule has 0 aliphatic rings. The summed E-state index contributed by atoms with van der Waals surface area (Å²) in [4.78, 5) is 12.0. The van der Waals surface area contributed by atoms with Crippen molar-refractivity contribution in [3.8, 4) is 0 Å². The molecule has 0 radical (unpaired) electrons. The van der Waals surface area contributed by atoms with Gasteiger partial charge in [-0.1, -0.05) is 11.6 Å². The lowest BCUT2D eigenvalue weighted by Crippen LogP contribution is -2.38. The van der Waals surface area contributed by atoms with E-state index < -0.39 is 17.3 Å². The van der Waals surface area contributed by atoms with E-state index in [-0.39, 0.29) is 17.1 Å². The Balaban J connectivity index is 2.06. The molecule has 1 aromatic carbocycles. The van der Waals surface area contributed by atoms with Crippen LogP contribution in [-0.4, -0.2) is 17.6 Å². The van der Waals surface area contributed by atoms with Gasteiger partial charge in [0, 0.05) is 0 Å². The molecule has 6 heteroatoms. The zero-order chi connectivity index (χ0) is 15.6. The van der Waals surface area contributed by atoms with Crippen LogP contribution in [0.5, 0.6) is 0 Å². The number of halogens is 2. The molecule has 0 aliphatic heterocycles. The summed E-state index contributed by atoms with van der Waals surface area (Å²) in [6.45, 7) is 3.22. The van der Waals surface area contributed by atoms with Gasteiger partial charge in [0.1, 0.15) is 22.9 Å². The molecule has 1 unspecified atom stereocenters. The van der Waals surface area contributed by atoms with Crippen LogP contribution in [-0.2, 0) is 5.60 Å². The van der Waals surface area contributed by atoms with Crippen LogP contribution >= 0.6 is 11.6 Å². The van der Waals surface area contributed by atoms with E-state index >= 15 is 0 Å². The number of amides is 1. The minimum atomic E-state index is -1.35. The number of hydrogen-bond donors (Lipinski definition) is 2. The normalized spacial score (nSPS) is 13.8. The molecule has 0 spiro atoms. The second-order valence-corrected chi connectivity index (χ2v) is 5.40. The van der Waals surface area contributed by atoms with Crippen LogP contribution in [0, 0.1) is 12.7 Å². The Morgan fingerprint density at radius 3 is 2.71 bits per heavy atom. The fourth-order valence-electron chi connectivity index (χ4n) is 1.83. The number of carbonyl (C=O) groups excluding carboxylic acids is 1. The van der Waals surface area contributed by atoms with Crippen LogP contribution in [0.25, 0.3) is 0 Å². The Hall–Kier alpha value is -1.85. The van der Waals surface area contributed by atoms with Crippen molar-refractivity contribution in [2.24, 2.45) is 0 Å². The molecule has 1 amide bonds. The predicted molar refractivity (Wildman–Crippen MR) is 76.8 cm³/mol. The first-order valence-electron chi connectivity index (χ1n) is 6.32. The van der Waals surface area contributed by atoms with Gasteiger partial charge in [0.25, 0.3) is 5.91 Å². The molecule has 112 valence electrons. The summed E-state index contributed by atoms with van der Waals surface area (Å²) in [5.74, 6) is 0.00171. The van der Waals surface area contributed by atoms with Gasteiger partial charge in [-0.05, 0) is 44.2 Å². The van der Waals surface area contributed by atoms with Crippen LogP contribution < -0.4 is 5.32 Å².